The van der Waals surface area contributed by atoms with Gasteiger partial charge in [0.1, 0.15) is 13.2 Å². The highest BCUT2D eigenvalue weighted by Gasteiger charge is 2.19. The van der Waals surface area contributed by atoms with Gasteiger partial charge in [-0.15, -0.1) is 0 Å². The molecule has 0 N–H and O–H groups in total. The highest BCUT2D eigenvalue weighted by Crippen LogP contribution is 2.13. The number of esters is 3. The molecule has 0 aliphatic carbocycles. The molecule has 0 spiro atoms. The van der Waals surface area contributed by atoms with Crippen LogP contribution in [0.15, 0.2) is 182 Å². The Kier molecular flexibility index (Phi) is 64.4. The van der Waals surface area contributed by atoms with Gasteiger partial charge in [0.05, 0.1) is 0 Å². The number of unbranched alkanes of at least 4 members (excludes halogenated alkanes) is 17. The number of carbonyl (C=O) groups is 3. The number of hydrogen-bond donors (Lipinski definition) is 0. The molecule has 0 saturated heterocycles. The van der Waals surface area contributed by atoms with Crippen LogP contribution in [0.2, 0.25) is 0 Å². The van der Waals surface area contributed by atoms with Crippen LogP contribution < -0.4 is 0 Å². The van der Waals surface area contributed by atoms with E-state index >= 15 is 0 Å². The Morgan fingerprint density at radius 3 is 0.747 bits per heavy atom. The number of carbonyl (C=O) groups excluding carboxylic acids is 3. The van der Waals surface area contributed by atoms with Crippen LogP contribution in [0.3, 0.4) is 0 Å². The summed E-state index contributed by atoms with van der Waals surface area (Å²) in [5.74, 6) is -0.972. The summed E-state index contributed by atoms with van der Waals surface area (Å²) in [6.07, 6.45) is 103. The van der Waals surface area contributed by atoms with Gasteiger partial charge in [0, 0.05) is 19.3 Å². The normalized spacial score (nSPS) is 13.3. The highest BCUT2D eigenvalue weighted by atomic mass is 16.6. The molecule has 6 nitrogen and oxygen atoms in total. The third-order valence-corrected chi connectivity index (χ3v) is 13.4. The van der Waals surface area contributed by atoms with Crippen LogP contribution in [-0.2, 0) is 28.6 Å². The van der Waals surface area contributed by atoms with Gasteiger partial charge in [-0.2, -0.15) is 0 Å². The van der Waals surface area contributed by atoms with Crippen LogP contribution in [0, 0.1) is 0 Å². The van der Waals surface area contributed by atoms with Gasteiger partial charge in [-0.25, -0.2) is 0 Å². The van der Waals surface area contributed by atoms with E-state index in [4.69, 9.17) is 14.2 Å². The third-order valence-electron chi connectivity index (χ3n) is 13.4. The fraction of sp³-hybridized carbons (Fsp3) is 0.571. The van der Waals surface area contributed by atoms with Crippen molar-refractivity contribution < 1.29 is 28.6 Å². The van der Waals surface area contributed by atoms with E-state index in [0.29, 0.717) is 12.8 Å². The molecule has 1 atom stereocenters. The molecule has 0 heterocycles. The molecule has 83 heavy (non-hydrogen) atoms. The first kappa shape index (κ1) is 77.5. The first-order valence-electron chi connectivity index (χ1n) is 33.3. The van der Waals surface area contributed by atoms with E-state index in [1.54, 1.807) is 0 Å². The first-order valence-corrected chi connectivity index (χ1v) is 33.3. The summed E-state index contributed by atoms with van der Waals surface area (Å²) in [7, 11) is 0. The van der Waals surface area contributed by atoms with Gasteiger partial charge in [-0.05, 0) is 161 Å². The largest absolute Gasteiger partial charge is 0.462 e. The van der Waals surface area contributed by atoms with Crippen LogP contribution >= 0.6 is 0 Å². The van der Waals surface area contributed by atoms with Crippen molar-refractivity contribution in [3.05, 3.63) is 182 Å². The molecule has 0 aromatic rings. The lowest BCUT2D eigenvalue weighted by Crippen LogP contribution is -2.30. The van der Waals surface area contributed by atoms with Crippen molar-refractivity contribution in [2.75, 3.05) is 13.2 Å². The maximum Gasteiger partial charge on any atom is 0.306 e. The lowest BCUT2D eigenvalue weighted by Gasteiger charge is -2.18. The van der Waals surface area contributed by atoms with Gasteiger partial charge < -0.3 is 14.2 Å². The molecular weight excluding hydrogens is 1020 g/mol. The van der Waals surface area contributed by atoms with E-state index in [2.05, 4.69) is 203 Å². The van der Waals surface area contributed by atoms with E-state index in [-0.39, 0.29) is 37.5 Å². The molecule has 0 aromatic carbocycles. The van der Waals surface area contributed by atoms with Crippen molar-refractivity contribution in [3.8, 4) is 0 Å². The van der Waals surface area contributed by atoms with Crippen molar-refractivity contribution in [2.45, 2.75) is 271 Å². The Hall–Kier alpha value is -5.49. The van der Waals surface area contributed by atoms with Gasteiger partial charge in [-0.3, -0.25) is 14.4 Å². The van der Waals surface area contributed by atoms with E-state index in [0.717, 1.165) is 186 Å². The van der Waals surface area contributed by atoms with E-state index in [9.17, 15) is 14.4 Å². The molecule has 0 fully saturated rings. The summed E-state index contributed by atoms with van der Waals surface area (Å²) in [5.41, 5.74) is 0. The molecule has 0 amide bonds. The number of rotatable bonds is 58. The maximum atomic E-state index is 12.9. The molecule has 0 radical (unpaired) electrons. The second-order valence-electron chi connectivity index (χ2n) is 21.3. The molecule has 6 heteroatoms. The summed E-state index contributed by atoms with van der Waals surface area (Å²) in [5, 5.41) is 0. The second kappa shape index (κ2) is 69.0. The van der Waals surface area contributed by atoms with Gasteiger partial charge >= 0.3 is 17.9 Å². The topological polar surface area (TPSA) is 78.9 Å². The molecular formula is C77H120O6. The Labute approximate surface area is 510 Å². The van der Waals surface area contributed by atoms with E-state index in [1.165, 1.54) is 38.5 Å². The van der Waals surface area contributed by atoms with E-state index in [1.807, 2.05) is 0 Å². The number of hydrogen-bond acceptors (Lipinski definition) is 6. The summed E-state index contributed by atoms with van der Waals surface area (Å²) in [6, 6.07) is 0. The van der Waals surface area contributed by atoms with Crippen molar-refractivity contribution in [1.29, 1.82) is 0 Å². The molecule has 0 bridgehead atoms. The minimum absolute atomic E-state index is 0.108. The fourth-order valence-electron chi connectivity index (χ4n) is 8.46. The van der Waals surface area contributed by atoms with Crippen molar-refractivity contribution in [2.24, 2.45) is 0 Å². The minimum Gasteiger partial charge on any atom is -0.462 e. The van der Waals surface area contributed by atoms with E-state index < -0.39 is 6.10 Å². The minimum atomic E-state index is -0.815. The maximum absolute atomic E-state index is 12.9. The summed E-state index contributed by atoms with van der Waals surface area (Å²) >= 11 is 0. The smallest absolute Gasteiger partial charge is 0.306 e. The second-order valence-corrected chi connectivity index (χ2v) is 21.3. The molecule has 0 aliphatic rings. The molecule has 1 unspecified atom stereocenters. The van der Waals surface area contributed by atoms with Gasteiger partial charge in [-0.1, -0.05) is 267 Å². The average Bonchev–Trinajstić information content (AvgIpc) is 3.49. The van der Waals surface area contributed by atoms with Gasteiger partial charge in [0.15, 0.2) is 6.10 Å². The first-order chi connectivity index (χ1) is 41.0. The van der Waals surface area contributed by atoms with Crippen molar-refractivity contribution >= 4 is 17.9 Å². The number of ether oxygens (including phenoxy) is 3. The Morgan fingerprint density at radius 2 is 0.470 bits per heavy atom. The quantitative estimate of drug-likeness (QED) is 0.0261. The molecule has 0 aromatic heterocycles. The Balaban J connectivity index is 4.38. The van der Waals surface area contributed by atoms with Crippen LogP contribution in [0.25, 0.3) is 0 Å². The molecule has 464 valence electrons. The predicted octanol–water partition coefficient (Wildman–Crippen LogP) is 23.2. The SMILES string of the molecule is CC/C=C\C/C=C\C/C=C\C/C=C\C/C=C\C/C=C\C/C=C\C/C=C\C/C=C\C/C=C\CCCCCCC(=O)OCC(COC(=O)CCCCCCC/C=C\CCCCCC)OC(=O)CCCCCC/C=C\C/C=C\C/C=C\C/C=C\CC. The zero-order valence-corrected chi connectivity index (χ0v) is 53.1. The molecule has 0 aliphatic heterocycles. The summed E-state index contributed by atoms with van der Waals surface area (Å²) < 4.78 is 16.9. The summed E-state index contributed by atoms with van der Waals surface area (Å²) in [4.78, 5) is 38.3. The van der Waals surface area contributed by atoms with Gasteiger partial charge in [0.25, 0.3) is 0 Å². The fourth-order valence-corrected chi connectivity index (χ4v) is 8.46. The van der Waals surface area contributed by atoms with Crippen molar-refractivity contribution in [1.82, 2.24) is 0 Å². The van der Waals surface area contributed by atoms with Crippen LogP contribution in [0.5, 0.6) is 0 Å². The molecule has 0 rings (SSSR count). The zero-order chi connectivity index (χ0) is 59.9. The summed E-state index contributed by atoms with van der Waals surface area (Å²) in [6.45, 7) is 6.34. The zero-order valence-electron chi connectivity index (χ0n) is 53.1. The Morgan fingerprint density at radius 1 is 0.253 bits per heavy atom. The third kappa shape index (κ3) is 67.2. The monoisotopic (exact) mass is 1140 g/mol. The van der Waals surface area contributed by atoms with Crippen LogP contribution in [0.1, 0.15) is 265 Å². The van der Waals surface area contributed by atoms with Gasteiger partial charge in [0.2, 0.25) is 0 Å². The predicted molar refractivity (Wildman–Crippen MR) is 361 cm³/mol. The molecule has 0 saturated carbocycles. The Bertz CT molecular complexity index is 1940. The number of allylic oxidation sites excluding steroid dienone is 30. The van der Waals surface area contributed by atoms with Crippen LogP contribution in [0.4, 0.5) is 0 Å². The highest BCUT2D eigenvalue weighted by molar-refractivity contribution is 5.71. The average molecular weight is 1140 g/mol. The standard InChI is InChI=1S/C77H120O6/c1-4-7-10-13-16-19-22-25-27-29-30-31-32-33-34-35-36-37-38-39-40-41-42-43-44-45-46-48-49-52-55-58-61-64-67-70-76(79)82-73-74(72-81-75(78)69-66-63-60-57-54-51-24-21-18-15-12-9-6-3)83-77(80)71-68-65-62-59-56-53-50-47-28-26-23-20-17-14-11-8-5-2/h7-8,10-11,16-17,19-21,24-28,30-31,33-34,36-37,39-40,42-43,45-46,49-50,52-53,74H,4-6,9,12-15,18,22-23,29,32,35,38,41,44,47-48,51,54-73H2,1-3H3/b10-7-,11-8-,19-16-,20-17-,24-21-,27-25-,28-26-,31-30-,34-33-,37-36-,40-39-,43-42-,46-45-,52-49-,53-50-. The van der Waals surface area contributed by atoms with Crippen LogP contribution in [-0.4, -0.2) is 37.2 Å². The lowest BCUT2D eigenvalue weighted by molar-refractivity contribution is -0.167. The van der Waals surface area contributed by atoms with Crippen molar-refractivity contribution in [3.63, 3.8) is 0 Å². The lowest BCUT2D eigenvalue weighted by atomic mass is 10.1.